The number of nitro groups is 1. The van der Waals surface area contributed by atoms with Gasteiger partial charge in [0.15, 0.2) is 11.5 Å². The van der Waals surface area contributed by atoms with Gasteiger partial charge in [-0.3, -0.25) is 24.7 Å². The van der Waals surface area contributed by atoms with Crippen molar-refractivity contribution >= 4 is 17.4 Å². The molecule has 1 aliphatic heterocycles. The van der Waals surface area contributed by atoms with E-state index in [1.165, 1.54) is 30.0 Å². The topological polar surface area (TPSA) is 114 Å². The van der Waals surface area contributed by atoms with E-state index in [-0.39, 0.29) is 17.8 Å². The highest BCUT2D eigenvalue weighted by Gasteiger charge is 2.42. The van der Waals surface area contributed by atoms with Crippen LogP contribution in [0.2, 0.25) is 0 Å². The number of nitrogens with zero attached hydrogens (tertiary/aromatic N) is 3. The molecule has 8 nitrogen and oxygen atoms in total. The Morgan fingerprint density at radius 1 is 1.35 bits per heavy atom. The molecule has 1 amide bonds. The zero-order valence-electron chi connectivity index (χ0n) is 13.8. The van der Waals surface area contributed by atoms with Crippen LogP contribution in [0.5, 0.6) is 0 Å². The second kappa shape index (κ2) is 6.75. The summed E-state index contributed by atoms with van der Waals surface area (Å²) in [6.45, 7) is 1.34. The monoisotopic (exact) mass is 353 g/mol. The Balaban J connectivity index is 2.09. The second-order valence-corrected chi connectivity index (χ2v) is 5.87. The summed E-state index contributed by atoms with van der Waals surface area (Å²) < 4.78 is 0. The fourth-order valence-corrected chi connectivity index (χ4v) is 3.02. The van der Waals surface area contributed by atoms with Gasteiger partial charge in [-0.2, -0.15) is 0 Å². The van der Waals surface area contributed by atoms with Crippen molar-refractivity contribution in [1.82, 2.24) is 9.88 Å². The molecule has 3 rings (SSSR count). The van der Waals surface area contributed by atoms with Gasteiger partial charge in [0.05, 0.1) is 16.5 Å². The lowest BCUT2D eigenvalue weighted by molar-refractivity contribution is -0.384. The maximum Gasteiger partial charge on any atom is 0.290 e. The standard InChI is InChI=1S/C18H15N3O5/c1-11(22)15-16(13-5-2-6-14(8-13)21(25)26)20(18(24)17(15)23)10-12-4-3-7-19-9-12/h2-9,16,23H,10H2,1H3/t16-/m0/s1. The van der Waals surface area contributed by atoms with Crippen LogP contribution in [0.4, 0.5) is 5.69 Å². The van der Waals surface area contributed by atoms with Crippen LogP contribution >= 0.6 is 0 Å². The quantitative estimate of drug-likeness (QED) is 0.652. The number of rotatable bonds is 5. The van der Waals surface area contributed by atoms with E-state index in [9.17, 15) is 24.8 Å². The van der Waals surface area contributed by atoms with Crippen LogP contribution in [0.3, 0.4) is 0 Å². The number of aliphatic hydroxyl groups is 1. The van der Waals surface area contributed by atoms with Crippen molar-refractivity contribution in [2.45, 2.75) is 19.5 Å². The maximum absolute atomic E-state index is 12.5. The van der Waals surface area contributed by atoms with Gasteiger partial charge in [-0.25, -0.2) is 0 Å². The van der Waals surface area contributed by atoms with E-state index in [4.69, 9.17) is 0 Å². The van der Waals surface area contributed by atoms with Crippen LogP contribution in [0, 0.1) is 10.1 Å². The predicted octanol–water partition coefficient (Wildman–Crippen LogP) is 2.47. The number of aliphatic hydroxyl groups excluding tert-OH is 1. The first-order valence-electron chi connectivity index (χ1n) is 7.78. The Bertz CT molecular complexity index is 923. The van der Waals surface area contributed by atoms with E-state index in [0.717, 1.165) is 0 Å². The first-order valence-corrected chi connectivity index (χ1v) is 7.78. The molecule has 1 aliphatic rings. The Morgan fingerprint density at radius 2 is 2.12 bits per heavy atom. The number of hydrogen-bond acceptors (Lipinski definition) is 6. The smallest absolute Gasteiger partial charge is 0.290 e. The Hall–Kier alpha value is -3.55. The van der Waals surface area contributed by atoms with Crippen LogP contribution in [0.1, 0.15) is 24.1 Å². The van der Waals surface area contributed by atoms with Crippen molar-refractivity contribution in [2.75, 3.05) is 0 Å². The number of amides is 1. The number of aromatic nitrogens is 1. The number of benzene rings is 1. The lowest BCUT2D eigenvalue weighted by Crippen LogP contribution is -2.30. The molecular formula is C18H15N3O5. The molecule has 8 heteroatoms. The van der Waals surface area contributed by atoms with Gasteiger partial charge < -0.3 is 10.0 Å². The molecule has 132 valence electrons. The summed E-state index contributed by atoms with van der Waals surface area (Å²) in [6, 6.07) is 8.25. The Labute approximate surface area is 148 Å². The highest BCUT2D eigenvalue weighted by molar-refractivity contribution is 6.08. The largest absolute Gasteiger partial charge is 0.503 e. The number of carbonyl (C=O) groups is 2. The van der Waals surface area contributed by atoms with E-state index in [1.54, 1.807) is 30.6 Å². The third kappa shape index (κ3) is 3.04. The molecular weight excluding hydrogens is 338 g/mol. The van der Waals surface area contributed by atoms with Gasteiger partial charge in [0, 0.05) is 31.1 Å². The van der Waals surface area contributed by atoms with Gasteiger partial charge >= 0.3 is 0 Å². The summed E-state index contributed by atoms with van der Waals surface area (Å²) in [5.41, 5.74) is 0.851. The minimum Gasteiger partial charge on any atom is -0.503 e. The van der Waals surface area contributed by atoms with Crippen LogP contribution in [-0.2, 0) is 16.1 Å². The molecule has 2 heterocycles. The van der Waals surface area contributed by atoms with Crippen molar-refractivity contribution in [3.63, 3.8) is 0 Å². The van der Waals surface area contributed by atoms with E-state index in [1.807, 2.05) is 0 Å². The highest BCUT2D eigenvalue weighted by Crippen LogP contribution is 2.39. The second-order valence-electron chi connectivity index (χ2n) is 5.87. The molecule has 1 atom stereocenters. The first kappa shape index (κ1) is 17.3. The third-order valence-corrected chi connectivity index (χ3v) is 4.16. The van der Waals surface area contributed by atoms with Gasteiger partial charge in [-0.05, 0) is 24.1 Å². The maximum atomic E-state index is 12.5. The zero-order valence-corrected chi connectivity index (χ0v) is 13.8. The minimum absolute atomic E-state index is 0.0700. The number of hydrogen-bond donors (Lipinski definition) is 1. The number of non-ortho nitro benzene ring substituents is 1. The number of Topliss-reactive ketones (excluding diaryl/α,β-unsaturated/α-hetero) is 1. The van der Waals surface area contributed by atoms with Crippen molar-refractivity contribution in [3.05, 3.63) is 81.4 Å². The summed E-state index contributed by atoms with van der Waals surface area (Å²) in [6.07, 6.45) is 3.16. The molecule has 1 aromatic carbocycles. The molecule has 0 spiro atoms. The summed E-state index contributed by atoms with van der Waals surface area (Å²) in [5.74, 6) is -1.80. The molecule has 0 saturated heterocycles. The molecule has 0 radical (unpaired) electrons. The molecule has 1 aromatic heterocycles. The van der Waals surface area contributed by atoms with Crippen LogP contribution in [0.25, 0.3) is 0 Å². The molecule has 0 unspecified atom stereocenters. The number of nitro benzene ring substituents is 1. The Kier molecular flexibility index (Phi) is 4.49. The van der Waals surface area contributed by atoms with E-state index < -0.39 is 28.4 Å². The van der Waals surface area contributed by atoms with Crippen molar-refractivity contribution in [1.29, 1.82) is 0 Å². The lowest BCUT2D eigenvalue weighted by Gasteiger charge is -2.26. The van der Waals surface area contributed by atoms with E-state index >= 15 is 0 Å². The van der Waals surface area contributed by atoms with Gasteiger partial charge in [-0.1, -0.05) is 18.2 Å². The average Bonchev–Trinajstić information content (AvgIpc) is 2.88. The number of pyridine rings is 1. The molecule has 26 heavy (non-hydrogen) atoms. The van der Waals surface area contributed by atoms with Crippen LogP contribution < -0.4 is 0 Å². The van der Waals surface area contributed by atoms with Gasteiger partial charge in [0.1, 0.15) is 0 Å². The summed E-state index contributed by atoms with van der Waals surface area (Å²) in [7, 11) is 0. The van der Waals surface area contributed by atoms with Gasteiger partial charge in [-0.15, -0.1) is 0 Å². The predicted molar refractivity (Wildman–Crippen MR) is 91.0 cm³/mol. The Morgan fingerprint density at radius 3 is 2.73 bits per heavy atom. The normalized spacial score (nSPS) is 16.9. The van der Waals surface area contributed by atoms with Crippen molar-refractivity contribution in [2.24, 2.45) is 0 Å². The SMILES string of the molecule is CC(=O)C1=C(O)C(=O)N(Cc2cccnc2)[C@H]1c1cccc([N+](=O)[O-])c1. The van der Waals surface area contributed by atoms with E-state index in [0.29, 0.717) is 11.1 Å². The van der Waals surface area contributed by atoms with Crippen LogP contribution in [-0.4, -0.2) is 31.6 Å². The molecule has 2 aromatic rings. The van der Waals surface area contributed by atoms with Crippen molar-refractivity contribution < 1.29 is 19.6 Å². The lowest BCUT2D eigenvalue weighted by atomic mass is 9.96. The first-order chi connectivity index (χ1) is 12.4. The molecule has 1 N–H and O–H groups in total. The van der Waals surface area contributed by atoms with Crippen molar-refractivity contribution in [3.8, 4) is 0 Å². The van der Waals surface area contributed by atoms with Gasteiger partial charge in [0.25, 0.3) is 11.6 Å². The average molecular weight is 353 g/mol. The number of ketones is 1. The summed E-state index contributed by atoms with van der Waals surface area (Å²) in [4.78, 5) is 40.4. The molecule has 0 aliphatic carbocycles. The van der Waals surface area contributed by atoms with E-state index in [2.05, 4.69) is 4.98 Å². The fraction of sp³-hybridized carbons (Fsp3) is 0.167. The summed E-state index contributed by atoms with van der Waals surface area (Å²) in [5, 5.41) is 21.3. The fourth-order valence-electron chi connectivity index (χ4n) is 3.02. The zero-order chi connectivity index (χ0) is 18.8. The third-order valence-electron chi connectivity index (χ3n) is 4.16. The molecule has 0 saturated carbocycles. The highest BCUT2D eigenvalue weighted by atomic mass is 16.6. The molecule has 0 bridgehead atoms. The minimum atomic E-state index is -0.903. The molecule has 0 fully saturated rings. The number of carbonyl (C=O) groups excluding carboxylic acids is 2. The van der Waals surface area contributed by atoms with Crippen LogP contribution in [0.15, 0.2) is 60.1 Å². The van der Waals surface area contributed by atoms with Gasteiger partial charge in [0.2, 0.25) is 0 Å². The summed E-state index contributed by atoms with van der Waals surface area (Å²) >= 11 is 0.